The van der Waals surface area contributed by atoms with Gasteiger partial charge in [0.25, 0.3) is 0 Å². The van der Waals surface area contributed by atoms with Gasteiger partial charge in [-0.05, 0) is 13.1 Å². The van der Waals surface area contributed by atoms with Crippen LogP contribution >= 0.6 is 0 Å². The van der Waals surface area contributed by atoms with Gasteiger partial charge in [-0.1, -0.05) is 14.3 Å². The van der Waals surface area contributed by atoms with Gasteiger partial charge < -0.3 is 6.92 Å². The number of alkyl halides is 2. The van der Waals surface area contributed by atoms with E-state index in [9.17, 15) is 8.78 Å². The molecule has 0 amide bonds. The summed E-state index contributed by atoms with van der Waals surface area (Å²) in [7, 11) is 1.25. The molecule has 0 aromatic heterocycles. The van der Waals surface area contributed by atoms with Crippen molar-refractivity contribution in [3.63, 3.8) is 0 Å². The molecule has 0 spiro atoms. The third kappa shape index (κ3) is 153. The minimum absolute atomic E-state index is 0. The average molecular weight is 313 g/mol. The monoisotopic (exact) mass is 313 g/mol. The van der Waals surface area contributed by atoms with Crippen molar-refractivity contribution in [2.75, 3.05) is 13.3 Å². The molecule has 0 saturated heterocycles. The van der Waals surface area contributed by atoms with Gasteiger partial charge in [0.05, 0.1) is 6.67 Å². The molecule has 9 heavy (non-hydrogen) atoms. The van der Waals surface area contributed by atoms with E-state index < -0.39 is 6.67 Å². The summed E-state index contributed by atoms with van der Waals surface area (Å²) in [6.07, 6.45) is 0.389. The van der Waals surface area contributed by atoms with Gasteiger partial charge in [-0.3, -0.25) is 8.78 Å². The first-order valence-corrected chi connectivity index (χ1v) is 2.03. The van der Waals surface area contributed by atoms with Gasteiger partial charge in [0, 0.05) is 23.8 Å². The molecule has 0 unspecified atom stereocenters. The molecule has 0 aliphatic heterocycles. The SMILES string of the molecule is [3H]C.[3H]CCCF.[CH2-]CF.[W]. The van der Waals surface area contributed by atoms with Crippen molar-refractivity contribution < 1.29 is 32.6 Å². The molecular weight excluding hydrogens is 294 g/mol. The molecule has 0 saturated carbocycles. The van der Waals surface area contributed by atoms with E-state index >= 15 is 0 Å². The van der Waals surface area contributed by atoms with Crippen LogP contribution in [-0.2, 0) is 21.1 Å². The molecule has 0 atom stereocenters. The van der Waals surface area contributed by atoms with Crippen LogP contribution in [0.2, 0.25) is 0 Å². The summed E-state index contributed by atoms with van der Waals surface area (Å²) in [6.45, 7) is 2.19. The summed E-state index contributed by atoms with van der Waals surface area (Å²) in [5.74, 6) is 0. The van der Waals surface area contributed by atoms with Gasteiger partial charge in [-0.25, -0.2) is 0 Å². The maximum absolute atomic E-state index is 10.9. The summed E-state index contributed by atoms with van der Waals surface area (Å²) in [5.41, 5.74) is 0. The largest absolute Gasteiger partial charge is 0.313 e. The van der Waals surface area contributed by atoms with E-state index in [4.69, 9.17) is 2.74 Å². The smallest absolute Gasteiger partial charge is 0.0891 e. The molecule has 0 aliphatic carbocycles. The second kappa shape index (κ2) is 38.7. The molecule has 3 heteroatoms. The van der Waals surface area contributed by atoms with E-state index in [0.717, 1.165) is 0 Å². The van der Waals surface area contributed by atoms with Crippen molar-refractivity contribution in [2.45, 2.75) is 20.7 Å². The zero-order chi connectivity index (χ0) is 8.83. The molecule has 0 rings (SSSR count). The minimum Gasteiger partial charge on any atom is -0.313 e. The van der Waals surface area contributed by atoms with Gasteiger partial charge >= 0.3 is 0 Å². The number of hydrogen-bond donors (Lipinski definition) is 0. The topological polar surface area (TPSA) is 0 Å². The van der Waals surface area contributed by atoms with Crippen LogP contribution in [0.5, 0.6) is 0 Å². The van der Waals surface area contributed by atoms with Crippen molar-refractivity contribution >= 4 is 0 Å². The van der Waals surface area contributed by atoms with Gasteiger partial charge in [0.1, 0.15) is 0 Å². The van der Waals surface area contributed by atoms with Crippen LogP contribution in [0, 0.1) is 6.92 Å². The standard InChI is InChI=1S/C3H7F.C2H4F.CH4.W/c1-2-3-4;1-2-3;;/h2-3H2,1H3;1-2H2;1H4;/q;-1;;/i1T;;1T;. The van der Waals surface area contributed by atoms with Crippen LogP contribution in [0.4, 0.5) is 8.78 Å². The zero-order valence-electron chi connectivity index (χ0n) is 7.70. The maximum Gasteiger partial charge on any atom is 0.0891 e. The van der Waals surface area contributed by atoms with Crippen molar-refractivity contribution in [1.82, 2.24) is 0 Å². The van der Waals surface area contributed by atoms with Crippen LogP contribution in [0.3, 0.4) is 0 Å². The van der Waals surface area contributed by atoms with Crippen LogP contribution in [0.15, 0.2) is 0 Å². The summed E-state index contributed by atoms with van der Waals surface area (Å²) in [4.78, 5) is 0. The van der Waals surface area contributed by atoms with E-state index in [1.54, 1.807) is 0 Å². The summed E-state index contributed by atoms with van der Waals surface area (Å²) >= 11 is 0. The van der Waals surface area contributed by atoms with Gasteiger partial charge in [-0.2, -0.15) is 0 Å². The van der Waals surface area contributed by atoms with Crippen LogP contribution in [0.25, 0.3) is 0 Å². The van der Waals surface area contributed by atoms with Crippen LogP contribution in [0.1, 0.15) is 23.5 Å². The van der Waals surface area contributed by atoms with E-state index in [1.807, 2.05) is 0 Å². The normalized spacial score (nSPS) is 7.56. The Bertz CT molecular complexity index is 32.5. The Labute approximate surface area is 74.1 Å². The zero-order valence-corrected chi connectivity index (χ0v) is 8.63. The molecule has 0 aromatic carbocycles. The molecular formula is C6H15F2W-. The molecule has 0 heterocycles. The fourth-order valence-corrected chi connectivity index (χ4v) is 0. The average Bonchev–Trinajstić information content (AvgIpc) is 1.96. The Balaban J connectivity index is -0.0000000360. The van der Waals surface area contributed by atoms with Crippen molar-refractivity contribution in [1.29, 1.82) is 0 Å². The molecule has 0 aliphatic rings. The van der Waals surface area contributed by atoms with E-state index in [-0.39, 0.29) is 34.6 Å². The Morgan fingerprint density at radius 3 is 2.00 bits per heavy atom. The Kier molecular flexibility index (Phi) is 52.6. The third-order valence-corrected chi connectivity index (χ3v) is 0.134. The number of hydrogen-bond acceptors (Lipinski definition) is 0. The molecule has 0 N–H and O–H groups in total. The maximum atomic E-state index is 10.9. The van der Waals surface area contributed by atoms with Gasteiger partial charge in [-0.15, -0.1) is 0 Å². The third-order valence-electron chi connectivity index (χ3n) is 0.134. The van der Waals surface area contributed by atoms with Crippen molar-refractivity contribution in [3.8, 4) is 0 Å². The van der Waals surface area contributed by atoms with E-state index in [2.05, 4.69) is 6.92 Å². The fraction of sp³-hybridized carbons (Fsp3) is 0.833. The van der Waals surface area contributed by atoms with Crippen LogP contribution in [-0.4, -0.2) is 13.3 Å². The fourth-order valence-electron chi connectivity index (χ4n) is 0. The molecule has 60 valence electrons. The first kappa shape index (κ1) is 12.2. The predicted molar refractivity (Wildman–Crippen MR) is 34.3 cm³/mol. The van der Waals surface area contributed by atoms with E-state index in [0.29, 0.717) is 6.42 Å². The molecule has 0 bridgehead atoms. The van der Waals surface area contributed by atoms with Gasteiger partial charge in [0.2, 0.25) is 0 Å². The second-order valence-corrected chi connectivity index (χ2v) is 0.732. The number of halogens is 2. The Morgan fingerprint density at radius 1 is 1.67 bits per heavy atom. The molecule has 0 aromatic rings. The van der Waals surface area contributed by atoms with Gasteiger partial charge in [0.15, 0.2) is 0 Å². The second-order valence-electron chi connectivity index (χ2n) is 0.732. The molecule has 0 nitrogen and oxygen atoms in total. The first-order valence-electron chi connectivity index (χ1n) is 3.74. The number of rotatable bonds is 1. The Hall–Kier alpha value is 0.548. The predicted octanol–water partition coefficient (Wildman–Crippen LogP) is 2.79. The first-order chi connectivity index (χ1) is 4.83. The summed E-state index contributed by atoms with van der Waals surface area (Å²) < 4.78 is 33.2. The van der Waals surface area contributed by atoms with E-state index in [1.165, 1.54) is 7.40 Å². The minimum atomic E-state index is -0.500. The summed E-state index contributed by atoms with van der Waals surface area (Å²) in [5, 5.41) is 0. The molecule has 0 radical (unpaired) electrons. The Morgan fingerprint density at radius 2 is 2.00 bits per heavy atom. The van der Waals surface area contributed by atoms with Crippen molar-refractivity contribution in [2.24, 2.45) is 0 Å². The van der Waals surface area contributed by atoms with Crippen molar-refractivity contribution in [3.05, 3.63) is 6.92 Å². The summed E-state index contributed by atoms with van der Waals surface area (Å²) in [6, 6.07) is 0. The van der Waals surface area contributed by atoms with Crippen LogP contribution < -0.4 is 0 Å². The molecule has 0 fully saturated rings. The quantitative estimate of drug-likeness (QED) is 0.653.